The van der Waals surface area contributed by atoms with Gasteiger partial charge >= 0.3 is 0 Å². The van der Waals surface area contributed by atoms with E-state index in [1.165, 1.54) is 0 Å². The van der Waals surface area contributed by atoms with Crippen molar-refractivity contribution in [2.45, 2.75) is 20.0 Å². The number of hydrogen-bond acceptors (Lipinski definition) is 4. The van der Waals surface area contributed by atoms with Crippen LogP contribution in [0, 0.1) is 0 Å². The highest BCUT2D eigenvalue weighted by Gasteiger charge is 2.10. The lowest BCUT2D eigenvalue weighted by Gasteiger charge is -2.10. The smallest absolute Gasteiger partial charge is 0.255 e. The number of amides is 1. The molecular formula is C23H24N2O4S. The second-order valence-corrected chi connectivity index (χ2v) is 8.59. The molecule has 0 spiro atoms. The molecule has 0 aliphatic heterocycles. The van der Waals surface area contributed by atoms with Gasteiger partial charge in [0.05, 0.1) is 5.75 Å². The van der Waals surface area contributed by atoms with E-state index in [-0.39, 0.29) is 11.7 Å². The molecule has 0 fully saturated rings. The normalized spacial score (nSPS) is 11.0. The van der Waals surface area contributed by atoms with Crippen LogP contribution in [0.4, 0.5) is 11.4 Å². The Balaban J connectivity index is 1.55. The van der Waals surface area contributed by atoms with E-state index < -0.39 is 10.0 Å². The number of nitrogens with one attached hydrogen (secondary N) is 2. The van der Waals surface area contributed by atoms with Crippen LogP contribution in [0.15, 0.2) is 78.9 Å². The van der Waals surface area contributed by atoms with Crippen LogP contribution in [-0.4, -0.2) is 20.1 Å². The Hall–Kier alpha value is -3.32. The van der Waals surface area contributed by atoms with E-state index in [1.807, 2.05) is 42.5 Å². The predicted octanol–water partition coefficient (Wildman–Crippen LogP) is 4.67. The molecule has 3 rings (SSSR count). The van der Waals surface area contributed by atoms with Crippen molar-refractivity contribution in [1.29, 1.82) is 0 Å². The van der Waals surface area contributed by atoms with Gasteiger partial charge in [0.25, 0.3) is 5.91 Å². The molecule has 0 bridgehead atoms. The number of ether oxygens (including phenoxy) is 1. The molecule has 0 saturated heterocycles. The van der Waals surface area contributed by atoms with Gasteiger partial charge in [0.1, 0.15) is 12.4 Å². The number of anilines is 2. The Morgan fingerprint density at radius 2 is 1.50 bits per heavy atom. The van der Waals surface area contributed by atoms with Gasteiger partial charge in [0.15, 0.2) is 0 Å². The van der Waals surface area contributed by atoms with Gasteiger partial charge in [-0.3, -0.25) is 9.52 Å². The lowest BCUT2D eigenvalue weighted by Crippen LogP contribution is -2.16. The molecule has 0 unspecified atom stereocenters. The van der Waals surface area contributed by atoms with Gasteiger partial charge in [-0.15, -0.1) is 0 Å². The minimum atomic E-state index is -3.34. The first kappa shape index (κ1) is 21.4. The van der Waals surface area contributed by atoms with Crippen molar-refractivity contribution in [3.8, 4) is 5.75 Å². The predicted molar refractivity (Wildman–Crippen MR) is 119 cm³/mol. The zero-order chi connectivity index (χ0) is 21.4. The Morgan fingerprint density at radius 3 is 2.13 bits per heavy atom. The monoisotopic (exact) mass is 424 g/mol. The number of hydrogen-bond donors (Lipinski definition) is 2. The highest BCUT2D eigenvalue weighted by Crippen LogP contribution is 2.17. The van der Waals surface area contributed by atoms with Crippen molar-refractivity contribution >= 4 is 27.3 Å². The van der Waals surface area contributed by atoms with Crippen molar-refractivity contribution in [2.75, 3.05) is 15.8 Å². The largest absolute Gasteiger partial charge is 0.489 e. The van der Waals surface area contributed by atoms with Crippen LogP contribution in [0.5, 0.6) is 5.75 Å². The first-order chi connectivity index (χ1) is 14.4. The highest BCUT2D eigenvalue weighted by molar-refractivity contribution is 7.92. The van der Waals surface area contributed by atoms with Gasteiger partial charge in [0.2, 0.25) is 10.0 Å². The molecule has 156 valence electrons. The van der Waals surface area contributed by atoms with Crippen LogP contribution in [0.3, 0.4) is 0 Å². The lowest BCUT2D eigenvalue weighted by atomic mass is 10.1. The summed E-state index contributed by atoms with van der Waals surface area (Å²) in [5, 5.41) is 2.80. The van der Waals surface area contributed by atoms with E-state index in [4.69, 9.17) is 4.74 Å². The summed E-state index contributed by atoms with van der Waals surface area (Å²) in [6, 6.07) is 23.3. The zero-order valence-electron chi connectivity index (χ0n) is 16.7. The number of benzene rings is 3. The molecule has 0 aliphatic rings. The SMILES string of the molecule is CCCS(=O)(=O)Nc1ccc(NC(=O)c2ccc(COc3ccccc3)cc2)cc1. The Kier molecular flexibility index (Phi) is 7.08. The second kappa shape index (κ2) is 9.93. The lowest BCUT2D eigenvalue weighted by molar-refractivity contribution is 0.102. The van der Waals surface area contributed by atoms with Crippen LogP contribution in [0.2, 0.25) is 0 Å². The minimum absolute atomic E-state index is 0.0673. The topological polar surface area (TPSA) is 84.5 Å². The fraction of sp³-hybridized carbons (Fsp3) is 0.174. The standard InChI is InChI=1S/C23H24N2O4S/c1-2-16-30(27,28)25-21-14-12-20(13-15-21)24-23(26)19-10-8-18(9-11-19)17-29-22-6-4-3-5-7-22/h3-15,25H,2,16-17H2,1H3,(H,24,26). The molecule has 0 aromatic heterocycles. The first-order valence-electron chi connectivity index (χ1n) is 9.64. The maximum Gasteiger partial charge on any atom is 0.255 e. The van der Waals surface area contributed by atoms with Gasteiger partial charge in [-0.05, 0) is 60.5 Å². The maximum atomic E-state index is 12.4. The number of sulfonamides is 1. The third-order valence-corrected chi connectivity index (χ3v) is 5.75. The van der Waals surface area contributed by atoms with Gasteiger partial charge in [-0.2, -0.15) is 0 Å². The average Bonchev–Trinajstić information content (AvgIpc) is 2.74. The Labute approximate surface area is 177 Å². The van der Waals surface area contributed by atoms with Crippen molar-refractivity contribution in [1.82, 2.24) is 0 Å². The molecule has 30 heavy (non-hydrogen) atoms. The molecule has 3 aromatic rings. The summed E-state index contributed by atoms with van der Waals surface area (Å²) in [7, 11) is -3.34. The quantitative estimate of drug-likeness (QED) is 0.523. The first-order valence-corrected chi connectivity index (χ1v) is 11.3. The molecule has 6 nitrogen and oxygen atoms in total. The van der Waals surface area contributed by atoms with Crippen LogP contribution in [0.25, 0.3) is 0 Å². The van der Waals surface area contributed by atoms with Gasteiger partial charge < -0.3 is 10.1 Å². The fourth-order valence-electron chi connectivity index (χ4n) is 2.76. The summed E-state index contributed by atoms with van der Waals surface area (Å²) >= 11 is 0. The van der Waals surface area contributed by atoms with E-state index in [1.54, 1.807) is 43.3 Å². The second-order valence-electron chi connectivity index (χ2n) is 6.75. The Bertz CT molecular complexity index is 1060. The van der Waals surface area contributed by atoms with E-state index in [2.05, 4.69) is 10.0 Å². The van der Waals surface area contributed by atoms with E-state index in [9.17, 15) is 13.2 Å². The number of carbonyl (C=O) groups is 1. The third kappa shape index (κ3) is 6.35. The summed E-state index contributed by atoms with van der Waals surface area (Å²) in [4.78, 5) is 12.4. The highest BCUT2D eigenvalue weighted by atomic mass is 32.2. The molecule has 0 saturated carbocycles. The van der Waals surface area contributed by atoms with E-state index in [0.717, 1.165) is 11.3 Å². The Morgan fingerprint density at radius 1 is 0.867 bits per heavy atom. The summed E-state index contributed by atoms with van der Waals surface area (Å²) in [6.45, 7) is 2.22. The summed E-state index contributed by atoms with van der Waals surface area (Å²) in [5.74, 6) is 0.613. The summed E-state index contributed by atoms with van der Waals surface area (Å²) < 4.78 is 31.8. The molecule has 0 aliphatic carbocycles. The molecule has 1 amide bonds. The molecule has 7 heteroatoms. The molecule has 2 N–H and O–H groups in total. The number of para-hydroxylation sites is 1. The summed E-state index contributed by atoms with van der Waals surface area (Å²) in [5.41, 5.74) is 2.52. The molecule has 0 radical (unpaired) electrons. The average molecular weight is 425 g/mol. The van der Waals surface area contributed by atoms with Crippen molar-refractivity contribution < 1.29 is 17.9 Å². The van der Waals surface area contributed by atoms with Crippen molar-refractivity contribution in [3.63, 3.8) is 0 Å². The molecule has 0 heterocycles. The van der Waals surface area contributed by atoms with Gasteiger partial charge in [0, 0.05) is 16.9 Å². The van der Waals surface area contributed by atoms with E-state index in [0.29, 0.717) is 30.0 Å². The number of rotatable bonds is 9. The molecular weight excluding hydrogens is 400 g/mol. The number of carbonyl (C=O) groups excluding carboxylic acids is 1. The van der Waals surface area contributed by atoms with Crippen molar-refractivity contribution in [2.24, 2.45) is 0 Å². The van der Waals surface area contributed by atoms with Crippen molar-refractivity contribution in [3.05, 3.63) is 90.0 Å². The fourth-order valence-corrected chi connectivity index (χ4v) is 3.89. The van der Waals surface area contributed by atoms with Crippen LogP contribution in [0.1, 0.15) is 29.3 Å². The van der Waals surface area contributed by atoms with Gasteiger partial charge in [-0.1, -0.05) is 37.3 Å². The van der Waals surface area contributed by atoms with Crippen LogP contribution >= 0.6 is 0 Å². The molecule has 0 atom stereocenters. The van der Waals surface area contributed by atoms with Crippen LogP contribution < -0.4 is 14.8 Å². The minimum Gasteiger partial charge on any atom is -0.489 e. The third-order valence-electron chi connectivity index (χ3n) is 4.25. The molecule has 3 aromatic carbocycles. The summed E-state index contributed by atoms with van der Waals surface area (Å²) in [6.07, 6.45) is 0.542. The van der Waals surface area contributed by atoms with E-state index >= 15 is 0 Å². The van der Waals surface area contributed by atoms with Gasteiger partial charge in [-0.25, -0.2) is 8.42 Å². The zero-order valence-corrected chi connectivity index (χ0v) is 17.5. The maximum absolute atomic E-state index is 12.4. The van der Waals surface area contributed by atoms with Crippen LogP contribution in [-0.2, 0) is 16.6 Å².